The van der Waals surface area contributed by atoms with E-state index in [1.807, 2.05) is 4.90 Å². The summed E-state index contributed by atoms with van der Waals surface area (Å²) in [4.78, 5) is 22.9. The van der Waals surface area contributed by atoms with Gasteiger partial charge in [0, 0.05) is 37.6 Å². The van der Waals surface area contributed by atoms with Gasteiger partial charge in [0.2, 0.25) is 5.95 Å². The minimum atomic E-state index is -0.795. The van der Waals surface area contributed by atoms with E-state index in [9.17, 15) is 13.6 Å². The van der Waals surface area contributed by atoms with Crippen molar-refractivity contribution in [2.75, 3.05) is 24.6 Å². The molecule has 8 heteroatoms. The third-order valence-electron chi connectivity index (χ3n) is 4.76. The fraction of sp³-hybridized carbons (Fsp3) is 0.250. The zero-order valence-electron chi connectivity index (χ0n) is 15.2. The molecule has 4 rings (SSSR count). The molecule has 1 saturated heterocycles. The SMILES string of the molecule is Cn1c(N2CCO[C@H](c3c(F)cccc3F)C2)nc(-c2ccncc2)cc1=O. The highest BCUT2D eigenvalue weighted by molar-refractivity contribution is 5.59. The summed E-state index contributed by atoms with van der Waals surface area (Å²) in [7, 11) is 1.62. The van der Waals surface area contributed by atoms with Gasteiger partial charge in [0.15, 0.2) is 0 Å². The fourth-order valence-corrected chi connectivity index (χ4v) is 3.30. The van der Waals surface area contributed by atoms with Gasteiger partial charge in [0.05, 0.1) is 24.4 Å². The molecule has 2 aromatic heterocycles. The predicted octanol–water partition coefficient (Wildman–Crippen LogP) is 2.70. The molecule has 3 heterocycles. The van der Waals surface area contributed by atoms with Gasteiger partial charge in [0.1, 0.15) is 17.7 Å². The zero-order valence-corrected chi connectivity index (χ0v) is 15.2. The van der Waals surface area contributed by atoms with Crippen molar-refractivity contribution < 1.29 is 13.5 Å². The normalized spacial score (nSPS) is 17.0. The van der Waals surface area contributed by atoms with Crippen molar-refractivity contribution in [3.63, 3.8) is 0 Å². The Labute approximate surface area is 160 Å². The van der Waals surface area contributed by atoms with Gasteiger partial charge >= 0.3 is 0 Å². The second-order valence-corrected chi connectivity index (χ2v) is 6.52. The Balaban J connectivity index is 1.71. The van der Waals surface area contributed by atoms with Gasteiger partial charge in [-0.05, 0) is 24.3 Å². The highest BCUT2D eigenvalue weighted by atomic mass is 19.1. The fourth-order valence-electron chi connectivity index (χ4n) is 3.30. The first kappa shape index (κ1) is 18.2. The molecule has 144 valence electrons. The van der Waals surface area contributed by atoms with Crippen LogP contribution in [0.2, 0.25) is 0 Å². The van der Waals surface area contributed by atoms with Gasteiger partial charge in [-0.15, -0.1) is 0 Å². The number of hydrogen-bond donors (Lipinski definition) is 0. The van der Waals surface area contributed by atoms with E-state index in [4.69, 9.17) is 4.74 Å². The maximum absolute atomic E-state index is 14.2. The van der Waals surface area contributed by atoms with E-state index >= 15 is 0 Å². The Morgan fingerprint density at radius 3 is 2.57 bits per heavy atom. The number of aromatic nitrogens is 3. The smallest absolute Gasteiger partial charge is 0.255 e. The molecule has 28 heavy (non-hydrogen) atoms. The average molecular weight is 384 g/mol. The zero-order chi connectivity index (χ0) is 19.7. The summed E-state index contributed by atoms with van der Waals surface area (Å²) >= 11 is 0. The number of halogens is 2. The summed E-state index contributed by atoms with van der Waals surface area (Å²) in [5, 5.41) is 0. The summed E-state index contributed by atoms with van der Waals surface area (Å²) < 4.78 is 35.4. The lowest BCUT2D eigenvalue weighted by atomic mass is 10.1. The topological polar surface area (TPSA) is 60.2 Å². The lowest BCUT2D eigenvalue weighted by Gasteiger charge is -2.34. The van der Waals surface area contributed by atoms with Crippen LogP contribution < -0.4 is 10.5 Å². The molecule has 1 fully saturated rings. The lowest BCUT2D eigenvalue weighted by molar-refractivity contribution is 0.0343. The molecule has 3 aromatic rings. The Hall–Kier alpha value is -3.13. The van der Waals surface area contributed by atoms with Gasteiger partial charge < -0.3 is 9.64 Å². The number of rotatable bonds is 3. The number of anilines is 1. The van der Waals surface area contributed by atoms with Crippen molar-refractivity contribution in [3.05, 3.63) is 76.3 Å². The average Bonchev–Trinajstić information content (AvgIpc) is 2.71. The second kappa shape index (κ2) is 7.47. The highest BCUT2D eigenvalue weighted by Crippen LogP contribution is 2.29. The molecule has 0 radical (unpaired) electrons. The minimum Gasteiger partial charge on any atom is -0.370 e. The molecule has 1 atom stereocenters. The standard InChI is InChI=1S/C20H18F2N4O2/c1-25-18(27)11-16(13-5-7-23-8-6-13)24-20(25)26-9-10-28-17(12-26)19-14(21)3-2-4-15(19)22/h2-8,11,17H,9-10,12H2,1H3/t17-/m0/s1. The number of morpholine rings is 1. The quantitative estimate of drug-likeness (QED) is 0.695. The van der Waals surface area contributed by atoms with Crippen molar-refractivity contribution in [1.82, 2.24) is 14.5 Å². The lowest BCUT2D eigenvalue weighted by Crippen LogP contribution is -2.42. The van der Waals surface area contributed by atoms with E-state index in [0.29, 0.717) is 18.2 Å². The first-order chi connectivity index (χ1) is 13.5. The van der Waals surface area contributed by atoms with Crippen LogP contribution in [0.15, 0.2) is 53.6 Å². The molecule has 1 aliphatic heterocycles. The number of pyridine rings is 1. The Morgan fingerprint density at radius 2 is 1.86 bits per heavy atom. The van der Waals surface area contributed by atoms with Crippen molar-refractivity contribution in [3.8, 4) is 11.3 Å². The van der Waals surface area contributed by atoms with Gasteiger partial charge in [0.25, 0.3) is 5.56 Å². The molecule has 0 spiro atoms. The Kier molecular flexibility index (Phi) is 4.87. The van der Waals surface area contributed by atoms with E-state index < -0.39 is 17.7 Å². The second-order valence-electron chi connectivity index (χ2n) is 6.52. The molecule has 0 saturated carbocycles. The number of benzene rings is 1. The highest BCUT2D eigenvalue weighted by Gasteiger charge is 2.29. The van der Waals surface area contributed by atoms with Crippen molar-refractivity contribution in [2.24, 2.45) is 7.05 Å². The summed E-state index contributed by atoms with van der Waals surface area (Å²) in [6, 6.07) is 8.72. The van der Waals surface area contributed by atoms with Crippen LogP contribution in [0.5, 0.6) is 0 Å². The van der Waals surface area contributed by atoms with Crippen LogP contribution in [0.1, 0.15) is 11.7 Å². The summed E-state index contributed by atoms with van der Waals surface area (Å²) in [6.07, 6.45) is 2.45. The number of hydrogen-bond acceptors (Lipinski definition) is 5. The van der Waals surface area contributed by atoms with Crippen LogP contribution in [0.25, 0.3) is 11.3 Å². The maximum Gasteiger partial charge on any atom is 0.255 e. The van der Waals surface area contributed by atoms with Gasteiger partial charge in [-0.2, -0.15) is 0 Å². The van der Waals surface area contributed by atoms with E-state index in [0.717, 1.165) is 5.56 Å². The van der Waals surface area contributed by atoms with Crippen LogP contribution in [0.4, 0.5) is 14.7 Å². The monoisotopic (exact) mass is 384 g/mol. The predicted molar refractivity (Wildman–Crippen MR) is 100.0 cm³/mol. The summed E-state index contributed by atoms with van der Waals surface area (Å²) in [5.41, 5.74) is 0.943. The van der Waals surface area contributed by atoms with Crippen LogP contribution in [0, 0.1) is 11.6 Å². The molecule has 1 aliphatic rings. The van der Waals surface area contributed by atoms with Gasteiger partial charge in [-0.1, -0.05) is 6.07 Å². The summed E-state index contributed by atoms with van der Waals surface area (Å²) in [5.74, 6) is -0.886. The van der Waals surface area contributed by atoms with Crippen molar-refractivity contribution in [1.29, 1.82) is 0 Å². The first-order valence-electron chi connectivity index (χ1n) is 8.83. The van der Waals surface area contributed by atoms with E-state index in [-0.39, 0.29) is 24.3 Å². The van der Waals surface area contributed by atoms with E-state index in [1.165, 1.54) is 28.8 Å². The van der Waals surface area contributed by atoms with Gasteiger partial charge in [-0.3, -0.25) is 14.3 Å². The summed E-state index contributed by atoms with van der Waals surface area (Å²) in [6.45, 7) is 0.887. The van der Waals surface area contributed by atoms with Gasteiger partial charge in [-0.25, -0.2) is 13.8 Å². The van der Waals surface area contributed by atoms with Crippen molar-refractivity contribution in [2.45, 2.75) is 6.10 Å². The largest absolute Gasteiger partial charge is 0.370 e. The molecule has 6 nitrogen and oxygen atoms in total. The molecular weight excluding hydrogens is 366 g/mol. The molecule has 1 aromatic carbocycles. The van der Waals surface area contributed by atoms with E-state index in [1.54, 1.807) is 31.6 Å². The number of ether oxygens (including phenoxy) is 1. The van der Waals surface area contributed by atoms with Crippen LogP contribution in [-0.2, 0) is 11.8 Å². The third-order valence-corrected chi connectivity index (χ3v) is 4.76. The van der Waals surface area contributed by atoms with Crippen LogP contribution >= 0.6 is 0 Å². The molecule has 0 N–H and O–H groups in total. The first-order valence-corrected chi connectivity index (χ1v) is 8.83. The molecule has 0 amide bonds. The van der Waals surface area contributed by atoms with E-state index in [2.05, 4.69) is 9.97 Å². The van der Waals surface area contributed by atoms with Crippen molar-refractivity contribution >= 4 is 5.95 Å². The van der Waals surface area contributed by atoms with Crippen LogP contribution in [-0.4, -0.2) is 34.2 Å². The minimum absolute atomic E-state index is 0.109. The maximum atomic E-state index is 14.2. The molecule has 0 bridgehead atoms. The molecule has 0 unspecified atom stereocenters. The number of nitrogens with zero attached hydrogens (tertiary/aromatic N) is 4. The Morgan fingerprint density at radius 1 is 1.14 bits per heavy atom. The molecule has 0 aliphatic carbocycles. The molecular formula is C20H18F2N4O2. The van der Waals surface area contributed by atoms with Crippen LogP contribution in [0.3, 0.4) is 0 Å². The third kappa shape index (κ3) is 3.38. The Bertz CT molecular complexity index is 1040.